The first-order valence-electron chi connectivity index (χ1n) is 11.5. The number of benzene rings is 2. The Labute approximate surface area is 197 Å². The average Bonchev–Trinajstić information content (AvgIpc) is 2.77. The molecule has 178 valence electrons. The number of likely N-dealkylation sites (N-methyl/N-ethyl adjacent to an activating group) is 1. The number of carbonyl (C=O) groups is 2. The number of piperazine rings is 1. The second-order valence-electron chi connectivity index (χ2n) is 9.64. The highest BCUT2D eigenvalue weighted by atomic mass is 16.6. The van der Waals surface area contributed by atoms with Crippen LogP contribution < -0.4 is 10.6 Å². The smallest absolute Gasteiger partial charge is 0.408 e. The molecule has 0 radical (unpaired) electrons. The molecule has 1 fully saturated rings. The molecule has 0 aromatic heterocycles. The second-order valence-corrected chi connectivity index (χ2v) is 9.64. The van der Waals surface area contributed by atoms with E-state index in [1.54, 1.807) is 4.90 Å². The van der Waals surface area contributed by atoms with Crippen molar-refractivity contribution in [3.05, 3.63) is 65.7 Å². The summed E-state index contributed by atoms with van der Waals surface area (Å²) in [5.41, 5.74) is 2.70. The SMILES string of the molecule is CN1CCN(C(=O)[C@@H](Cc2ccc(NCc3ccccc3)cc2)OC(=O)NC(C)(C)C)CC1. The average molecular weight is 453 g/mol. The lowest BCUT2D eigenvalue weighted by atomic mass is 10.1. The van der Waals surface area contributed by atoms with Gasteiger partial charge >= 0.3 is 6.09 Å². The number of amides is 2. The van der Waals surface area contributed by atoms with Crippen molar-refractivity contribution < 1.29 is 14.3 Å². The van der Waals surface area contributed by atoms with E-state index in [-0.39, 0.29) is 5.91 Å². The van der Waals surface area contributed by atoms with Crippen LogP contribution in [0, 0.1) is 0 Å². The number of nitrogens with zero attached hydrogens (tertiary/aromatic N) is 2. The molecule has 1 aliphatic rings. The van der Waals surface area contributed by atoms with Gasteiger partial charge in [-0.05, 0) is 51.1 Å². The van der Waals surface area contributed by atoms with Gasteiger partial charge in [0.05, 0.1) is 0 Å². The van der Waals surface area contributed by atoms with E-state index in [0.29, 0.717) is 19.5 Å². The van der Waals surface area contributed by atoms with Crippen molar-refractivity contribution in [1.29, 1.82) is 0 Å². The lowest BCUT2D eigenvalue weighted by molar-refractivity contribution is -0.142. The molecule has 1 atom stereocenters. The maximum absolute atomic E-state index is 13.2. The summed E-state index contributed by atoms with van der Waals surface area (Å²) >= 11 is 0. The summed E-state index contributed by atoms with van der Waals surface area (Å²) in [6.45, 7) is 9.28. The number of alkyl carbamates (subject to hydrolysis) is 1. The van der Waals surface area contributed by atoms with E-state index >= 15 is 0 Å². The number of anilines is 1. The van der Waals surface area contributed by atoms with E-state index in [4.69, 9.17) is 4.74 Å². The predicted molar refractivity (Wildman–Crippen MR) is 131 cm³/mol. The molecule has 2 aromatic carbocycles. The maximum atomic E-state index is 13.2. The third-order valence-corrected chi connectivity index (χ3v) is 5.53. The number of rotatable bonds is 7. The monoisotopic (exact) mass is 452 g/mol. The Morgan fingerprint density at radius 2 is 1.58 bits per heavy atom. The van der Waals surface area contributed by atoms with E-state index in [1.165, 1.54) is 5.56 Å². The Morgan fingerprint density at radius 3 is 2.18 bits per heavy atom. The standard InChI is InChI=1S/C26H36N4O3/c1-26(2,3)28-25(32)33-23(24(31)30-16-14-29(4)15-17-30)18-20-10-12-22(13-11-20)27-19-21-8-6-5-7-9-21/h5-13,23,27H,14-19H2,1-4H3,(H,28,32)/t23-/m1/s1. The molecule has 7 heteroatoms. The quantitative estimate of drug-likeness (QED) is 0.673. The molecule has 1 aliphatic heterocycles. The number of hydrogen-bond donors (Lipinski definition) is 2. The van der Waals surface area contributed by atoms with Crippen LogP contribution in [0.25, 0.3) is 0 Å². The molecule has 1 heterocycles. The Morgan fingerprint density at radius 1 is 0.939 bits per heavy atom. The maximum Gasteiger partial charge on any atom is 0.408 e. The van der Waals surface area contributed by atoms with Gasteiger partial charge in [-0.2, -0.15) is 0 Å². The third kappa shape index (κ3) is 8.09. The zero-order chi connectivity index (χ0) is 23.8. The second kappa shape index (κ2) is 11.2. The molecule has 0 spiro atoms. The summed E-state index contributed by atoms with van der Waals surface area (Å²) in [5, 5.41) is 6.19. The van der Waals surface area contributed by atoms with E-state index in [2.05, 4.69) is 27.7 Å². The minimum Gasteiger partial charge on any atom is -0.436 e. The van der Waals surface area contributed by atoms with E-state index in [1.807, 2.05) is 70.3 Å². The van der Waals surface area contributed by atoms with Crippen LogP contribution >= 0.6 is 0 Å². The minimum absolute atomic E-state index is 0.140. The van der Waals surface area contributed by atoms with Crippen LogP contribution in [0.15, 0.2) is 54.6 Å². The first-order valence-corrected chi connectivity index (χ1v) is 11.5. The Balaban J connectivity index is 1.65. The highest BCUT2D eigenvalue weighted by Gasteiger charge is 2.30. The van der Waals surface area contributed by atoms with E-state index < -0.39 is 17.7 Å². The van der Waals surface area contributed by atoms with Gasteiger partial charge in [0.1, 0.15) is 0 Å². The van der Waals surface area contributed by atoms with Crippen LogP contribution in [0.3, 0.4) is 0 Å². The van der Waals surface area contributed by atoms with Gasteiger partial charge in [0.25, 0.3) is 5.91 Å². The summed E-state index contributed by atoms with van der Waals surface area (Å²) < 4.78 is 5.64. The van der Waals surface area contributed by atoms with Crippen LogP contribution in [-0.2, 0) is 22.5 Å². The lowest BCUT2D eigenvalue weighted by Gasteiger charge is -2.34. The van der Waals surface area contributed by atoms with Gasteiger partial charge in [-0.25, -0.2) is 4.79 Å². The Bertz CT molecular complexity index is 901. The summed E-state index contributed by atoms with van der Waals surface area (Å²) in [7, 11) is 2.04. The summed E-state index contributed by atoms with van der Waals surface area (Å²) in [6, 6.07) is 18.1. The molecule has 0 saturated carbocycles. The minimum atomic E-state index is -0.862. The fourth-order valence-electron chi connectivity index (χ4n) is 3.65. The molecule has 0 bridgehead atoms. The van der Waals surface area contributed by atoms with Gasteiger partial charge in [0, 0.05) is 50.4 Å². The summed E-state index contributed by atoms with van der Waals surface area (Å²) in [4.78, 5) is 29.7. The number of hydrogen-bond acceptors (Lipinski definition) is 5. The fourth-order valence-corrected chi connectivity index (χ4v) is 3.65. The van der Waals surface area contributed by atoms with E-state index in [9.17, 15) is 9.59 Å². The zero-order valence-corrected chi connectivity index (χ0v) is 20.1. The van der Waals surface area contributed by atoms with Crippen LogP contribution in [-0.4, -0.2) is 66.7 Å². The van der Waals surface area contributed by atoms with Crippen molar-refractivity contribution in [1.82, 2.24) is 15.1 Å². The molecular formula is C26H36N4O3. The Kier molecular flexibility index (Phi) is 8.33. The summed E-state index contributed by atoms with van der Waals surface area (Å²) in [6.07, 6.45) is -1.10. The molecular weight excluding hydrogens is 416 g/mol. The van der Waals surface area contributed by atoms with Crippen LogP contribution in [0.2, 0.25) is 0 Å². The van der Waals surface area contributed by atoms with Gasteiger partial charge in [-0.1, -0.05) is 42.5 Å². The van der Waals surface area contributed by atoms with Gasteiger partial charge in [0.15, 0.2) is 6.10 Å². The van der Waals surface area contributed by atoms with Crippen LogP contribution in [0.4, 0.5) is 10.5 Å². The van der Waals surface area contributed by atoms with Crippen molar-refractivity contribution in [2.45, 2.75) is 45.4 Å². The topological polar surface area (TPSA) is 73.9 Å². The first-order chi connectivity index (χ1) is 15.7. The van der Waals surface area contributed by atoms with Crippen LogP contribution in [0.5, 0.6) is 0 Å². The van der Waals surface area contributed by atoms with Gasteiger partial charge in [-0.3, -0.25) is 4.79 Å². The van der Waals surface area contributed by atoms with Crippen molar-refractivity contribution in [3.63, 3.8) is 0 Å². The molecule has 0 aliphatic carbocycles. The fraction of sp³-hybridized carbons (Fsp3) is 0.462. The Hall–Kier alpha value is -3.06. The van der Waals surface area contributed by atoms with E-state index in [0.717, 1.165) is 30.9 Å². The van der Waals surface area contributed by atoms with Crippen molar-refractivity contribution in [2.24, 2.45) is 0 Å². The van der Waals surface area contributed by atoms with Crippen molar-refractivity contribution in [2.75, 3.05) is 38.5 Å². The zero-order valence-electron chi connectivity index (χ0n) is 20.1. The normalized spacial score (nSPS) is 15.6. The molecule has 2 N–H and O–H groups in total. The number of ether oxygens (including phenoxy) is 1. The highest BCUT2D eigenvalue weighted by Crippen LogP contribution is 2.16. The molecule has 33 heavy (non-hydrogen) atoms. The molecule has 0 unspecified atom stereocenters. The molecule has 3 rings (SSSR count). The predicted octanol–water partition coefficient (Wildman–Crippen LogP) is 3.51. The van der Waals surface area contributed by atoms with Gasteiger partial charge in [-0.15, -0.1) is 0 Å². The van der Waals surface area contributed by atoms with Crippen LogP contribution in [0.1, 0.15) is 31.9 Å². The van der Waals surface area contributed by atoms with Gasteiger partial charge < -0.3 is 25.2 Å². The lowest BCUT2D eigenvalue weighted by Crippen LogP contribution is -2.52. The van der Waals surface area contributed by atoms with Gasteiger partial charge in [0.2, 0.25) is 0 Å². The van der Waals surface area contributed by atoms with Crippen molar-refractivity contribution >= 4 is 17.7 Å². The van der Waals surface area contributed by atoms with Crippen molar-refractivity contribution in [3.8, 4) is 0 Å². The first kappa shape index (κ1) is 24.6. The summed E-state index contributed by atoms with van der Waals surface area (Å²) in [5.74, 6) is -0.140. The molecule has 1 saturated heterocycles. The molecule has 7 nitrogen and oxygen atoms in total. The third-order valence-electron chi connectivity index (χ3n) is 5.53. The number of nitrogens with one attached hydrogen (secondary N) is 2. The largest absolute Gasteiger partial charge is 0.436 e. The molecule has 2 amide bonds. The number of carbonyl (C=O) groups excluding carboxylic acids is 2. The highest BCUT2D eigenvalue weighted by molar-refractivity contribution is 5.84. The molecule has 2 aromatic rings.